The van der Waals surface area contributed by atoms with Crippen LogP contribution >= 0.6 is 0 Å². The van der Waals surface area contributed by atoms with E-state index >= 15 is 0 Å². The summed E-state index contributed by atoms with van der Waals surface area (Å²) in [6.45, 7) is 0. The van der Waals surface area contributed by atoms with Crippen LogP contribution in [0.2, 0.25) is 0 Å². The largest absolute Gasteiger partial charge is 0.310 e. The Morgan fingerprint density at radius 3 is 1.82 bits per heavy atom. The number of anilines is 3. The average Bonchev–Trinajstić information content (AvgIpc) is 4.06. The first-order chi connectivity index (χ1) is 30.2. The SMILES string of the molecule is c1ccc(-c2cccc3cccc(-c4ccccc4N(c4ccc(-c5ccc(C6CC7CCC6C7)cc5)cc4)c4ccc5c6ccccc6n(-c6ccccc6)c5c4)c23)cc1. The summed E-state index contributed by atoms with van der Waals surface area (Å²) in [5.74, 6) is 2.58. The normalized spacial score (nSPS) is 17.1. The number of rotatable bonds is 8. The lowest BCUT2D eigenvalue weighted by Crippen LogP contribution is -2.11. The number of para-hydroxylation sites is 3. The van der Waals surface area contributed by atoms with Crippen LogP contribution in [-0.2, 0) is 0 Å². The molecular formula is C59H46N2. The van der Waals surface area contributed by atoms with Crippen LogP contribution in [0.3, 0.4) is 0 Å². The van der Waals surface area contributed by atoms with E-state index in [1.807, 2.05) is 0 Å². The molecule has 2 fully saturated rings. The highest BCUT2D eigenvalue weighted by Gasteiger charge is 2.40. The number of fused-ring (bicyclic) bond motifs is 6. The highest BCUT2D eigenvalue weighted by Crippen LogP contribution is 2.53. The zero-order valence-electron chi connectivity index (χ0n) is 34.2. The summed E-state index contributed by atoms with van der Waals surface area (Å²) in [6, 6.07) is 78.5. The Morgan fingerprint density at radius 2 is 1.07 bits per heavy atom. The summed E-state index contributed by atoms with van der Waals surface area (Å²) in [5.41, 5.74) is 15.7. The molecule has 0 amide bonds. The van der Waals surface area contributed by atoms with Crippen molar-refractivity contribution in [3.05, 3.63) is 218 Å². The predicted molar refractivity (Wildman–Crippen MR) is 257 cm³/mol. The Balaban J connectivity index is 1.03. The first-order valence-corrected chi connectivity index (χ1v) is 22.0. The van der Waals surface area contributed by atoms with Crippen molar-refractivity contribution in [2.45, 2.75) is 31.6 Å². The van der Waals surface area contributed by atoms with Crippen LogP contribution in [-0.4, -0.2) is 4.57 Å². The summed E-state index contributed by atoms with van der Waals surface area (Å²) in [4.78, 5) is 2.47. The number of nitrogens with zero attached hydrogens (tertiary/aromatic N) is 2. The van der Waals surface area contributed by atoms with Crippen LogP contribution in [0.5, 0.6) is 0 Å². The molecule has 3 unspecified atom stereocenters. The van der Waals surface area contributed by atoms with Crippen molar-refractivity contribution in [1.82, 2.24) is 4.57 Å². The molecule has 0 N–H and O–H groups in total. The number of benzene rings is 9. The minimum absolute atomic E-state index is 0.743. The van der Waals surface area contributed by atoms with E-state index in [9.17, 15) is 0 Å². The Labute approximate surface area is 358 Å². The van der Waals surface area contributed by atoms with Gasteiger partial charge in [0.1, 0.15) is 0 Å². The minimum Gasteiger partial charge on any atom is -0.310 e. The van der Waals surface area contributed by atoms with E-state index < -0.39 is 0 Å². The lowest BCUT2D eigenvalue weighted by atomic mass is 9.83. The molecule has 9 aromatic carbocycles. The molecule has 2 nitrogen and oxygen atoms in total. The molecule has 0 radical (unpaired) electrons. The Morgan fingerprint density at radius 1 is 0.426 bits per heavy atom. The maximum Gasteiger partial charge on any atom is 0.0561 e. The van der Waals surface area contributed by atoms with Crippen molar-refractivity contribution >= 4 is 49.6 Å². The maximum atomic E-state index is 2.47. The molecule has 1 heterocycles. The lowest BCUT2D eigenvalue weighted by Gasteiger charge is -2.29. The van der Waals surface area contributed by atoms with E-state index in [0.29, 0.717) is 0 Å². The molecule has 0 spiro atoms. The smallest absolute Gasteiger partial charge is 0.0561 e. The molecule has 2 heteroatoms. The van der Waals surface area contributed by atoms with Crippen molar-refractivity contribution in [1.29, 1.82) is 0 Å². The molecular weight excluding hydrogens is 737 g/mol. The molecule has 0 aliphatic heterocycles. The van der Waals surface area contributed by atoms with Gasteiger partial charge in [-0.15, -0.1) is 0 Å². The van der Waals surface area contributed by atoms with E-state index in [-0.39, 0.29) is 0 Å². The van der Waals surface area contributed by atoms with Crippen LogP contribution in [0.1, 0.15) is 37.2 Å². The third-order valence-electron chi connectivity index (χ3n) is 13.9. The average molecular weight is 783 g/mol. The Kier molecular flexibility index (Phi) is 8.70. The topological polar surface area (TPSA) is 8.17 Å². The van der Waals surface area contributed by atoms with E-state index in [4.69, 9.17) is 0 Å². The zero-order valence-corrected chi connectivity index (χ0v) is 34.2. The second-order valence-electron chi connectivity index (χ2n) is 17.3. The lowest BCUT2D eigenvalue weighted by molar-refractivity contribution is 0.420. The molecule has 0 saturated heterocycles. The molecule has 61 heavy (non-hydrogen) atoms. The second kappa shape index (κ2) is 14.8. The predicted octanol–water partition coefficient (Wildman–Crippen LogP) is 16.3. The molecule has 292 valence electrons. The van der Waals surface area contributed by atoms with Crippen molar-refractivity contribution in [3.8, 4) is 39.1 Å². The third-order valence-corrected chi connectivity index (χ3v) is 13.9. The molecule has 2 bridgehead atoms. The number of aromatic nitrogens is 1. The maximum absolute atomic E-state index is 2.47. The van der Waals surface area contributed by atoms with Crippen LogP contribution in [0.4, 0.5) is 17.1 Å². The van der Waals surface area contributed by atoms with Gasteiger partial charge in [-0.1, -0.05) is 170 Å². The quantitative estimate of drug-likeness (QED) is 0.149. The summed E-state index contributed by atoms with van der Waals surface area (Å²) >= 11 is 0. The van der Waals surface area contributed by atoms with Gasteiger partial charge in [0.2, 0.25) is 0 Å². The van der Waals surface area contributed by atoms with Gasteiger partial charge in [-0.2, -0.15) is 0 Å². The Hall–Kier alpha value is -7.16. The van der Waals surface area contributed by atoms with Gasteiger partial charge in [-0.3, -0.25) is 0 Å². The van der Waals surface area contributed by atoms with Gasteiger partial charge in [0.25, 0.3) is 0 Å². The number of hydrogen-bond acceptors (Lipinski definition) is 1. The van der Waals surface area contributed by atoms with Crippen LogP contribution in [0.25, 0.3) is 71.6 Å². The highest BCUT2D eigenvalue weighted by molar-refractivity contribution is 6.11. The fourth-order valence-corrected chi connectivity index (χ4v) is 11.1. The molecule has 12 rings (SSSR count). The fourth-order valence-electron chi connectivity index (χ4n) is 11.1. The van der Waals surface area contributed by atoms with Crippen molar-refractivity contribution in [2.24, 2.45) is 11.8 Å². The van der Waals surface area contributed by atoms with Crippen molar-refractivity contribution < 1.29 is 0 Å². The van der Waals surface area contributed by atoms with E-state index in [1.165, 1.54) is 97.2 Å². The van der Waals surface area contributed by atoms with Gasteiger partial charge < -0.3 is 9.47 Å². The summed E-state index contributed by atoms with van der Waals surface area (Å²) in [7, 11) is 0. The van der Waals surface area contributed by atoms with Gasteiger partial charge in [-0.25, -0.2) is 0 Å². The van der Waals surface area contributed by atoms with E-state index in [1.54, 1.807) is 0 Å². The molecule has 3 atom stereocenters. The second-order valence-corrected chi connectivity index (χ2v) is 17.3. The monoisotopic (exact) mass is 782 g/mol. The first kappa shape index (κ1) is 35.8. The highest BCUT2D eigenvalue weighted by atomic mass is 15.1. The van der Waals surface area contributed by atoms with E-state index in [2.05, 4.69) is 222 Å². The van der Waals surface area contributed by atoms with Gasteiger partial charge in [0.15, 0.2) is 0 Å². The summed E-state index contributed by atoms with van der Waals surface area (Å²) in [5, 5.41) is 4.97. The fraction of sp³-hybridized carbons (Fsp3) is 0.119. The summed E-state index contributed by atoms with van der Waals surface area (Å²) < 4.78 is 2.42. The van der Waals surface area contributed by atoms with Gasteiger partial charge in [0.05, 0.1) is 16.7 Å². The Bertz CT molecular complexity index is 3190. The molecule has 10 aromatic rings. The standard InChI is InChI=1S/C59H46N2/c1-3-13-43(14-4-1)50-21-11-15-45-16-12-22-54(59(45)50)52-20-8-9-23-56(52)60(48-33-31-42(32-34-48)41-27-29-44(30-28-41)55-38-40-25-26-46(55)37-40)49-35-36-53-51-19-7-10-24-57(51)61(58(53)39-49)47-17-5-2-6-18-47/h1-24,27-36,39-40,46,55H,25-26,37-38H2. The third kappa shape index (κ3) is 6.17. The van der Waals surface area contributed by atoms with Gasteiger partial charge in [-0.05, 0) is 130 Å². The van der Waals surface area contributed by atoms with Crippen molar-refractivity contribution in [3.63, 3.8) is 0 Å². The van der Waals surface area contributed by atoms with Crippen LogP contribution in [0.15, 0.2) is 212 Å². The molecule has 2 saturated carbocycles. The zero-order chi connectivity index (χ0) is 40.3. The van der Waals surface area contributed by atoms with E-state index in [0.717, 1.165) is 40.5 Å². The van der Waals surface area contributed by atoms with Crippen LogP contribution in [0, 0.1) is 11.8 Å². The molecule has 1 aromatic heterocycles. The summed E-state index contributed by atoms with van der Waals surface area (Å²) in [6.07, 6.45) is 5.66. The number of hydrogen-bond donors (Lipinski definition) is 0. The van der Waals surface area contributed by atoms with Crippen molar-refractivity contribution in [2.75, 3.05) is 4.90 Å². The molecule has 2 aliphatic rings. The minimum atomic E-state index is 0.743. The van der Waals surface area contributed by atoms with Gasteiger partial charge in [0, 0.05) is 33.4 Å². The van der Waals surface area contributed by atoms with Gasteiger partial charge >= 0.3 is 0 Å². The first-order valence-electron chi connectivity index (χ1n) is 22.0. The molecule has 2 aliphatic carbocycles. The van der Waals surface area contributed by atoms with Crippen LogP contribution < -0.4 is 4.90 Å².